The summed E-state index contributed by atoms with van der Waals surface area (Å²) in [5.41, 5.74) is 4.58. The van der Waals surface area contributed by atoms with Gasteiger partial charge in [0.25, 0.3) is 0 Å². The van der Waals surface area contributed by atoms with Gasteiger partial charge in [0.15, 0.2) is 5.88 Å². The number of hydrogen-bond acceptors (Lipinski definition) is 4. The zero-order valence-corrected chi connectivity index (χ0v) is 17.6. The molecule has 2 N–H and O–H groups in total. The van der Waals surface area contributed by atoms with Crippen LogP contribution in [0.5, 0.6) is 5.88 Å². The van der Waals surface area contributed by atoms with Crippen LogP contribution in [0.2, 0.25) is 0 Å². The van der Waals surface area contributed by atoms with E-state index in [4.69, 9.17) is 9.73 Å². The maximum absolute atomic E-state index is 13.7. The zero-order valence-electron chi connectivity index (χ0n) is 17.6. The summed E-state index contributed by atoms with van der Waals surface area (Å²) in [6.45, 7) is 4.33. The molecule has 1 saturated heterocycles. The Balaban J connectivity index is 1.53. The summed E-state index contributed by atoms with van der Waals surface area (Å²) < 4.78 is 19.1. The molecule has 0 aliphatic carbocycles. The number of rotatable bonds is 5. The van der Waals surface area contributed by atoms with Crippen LogP contribution in [0.25, 0.3) is 10.9 Å². The summed E-state index contributed by atoms with van der Waals surface area (Å²) in [6, 6.07) is 22.3. The van der Waals surface area contributed by atoms with Gasteiger partial charge in [0.2, 0.25) is 0 Å². The molecule has 1 aliphatic heterocycles. The second-order valence-corrected chi connectivity index (χ2v) is 7.92. The van der Waals surface area contributed by atoms with E-state index in [1.807, 2.05) is 42.5 Å². The quantitative estimate of drug-likeness (QED) is 0.438. The van der Waals surface area contributed by atoms with Crippen molar-refractivity contribution in [2.45, 2.75) is 6.54 Å². The average Bonchev–Trinajstić information content (AvgIpc) is 3.14. The number of nitrogens with one attached hydrogen (secondary N) is 1. The van der Waals surface area contributed by atoms with Crippen molar-refractivity contribution in [1.82, 2.24) is 9.88 Å². The van der Waals surface area contributed by atoms with Crippen molar-refractivity contribution < 1.29 is 14.2 Å². The minimum atomic E-state index is -0.362. The fourth-order valence-corrected chi connectivity index (χ4v) is 4.08. The first kappa shape index (κ1) is 20.4. The van der Waals surface area contributed by atoms with Crippen LogP contribution in [0.1, 0.15) is 16.7 Å². The smallest absolute Gasteiger partial charge is 0.199 e. The number of ether oxygens (including phenoxy) is 1. The molecule has 0 saturated carbocycles. The number of H-pyrrole nitrogens is 1. The third kappa shape index (κ3) is 4.28. The van der Waals surface area contributed by atoms with Gasteiger partial charge in [-0.15, -0.1) is 0 Å². The van der Waals surface area contributed by atoms with Crippen LogP contribution < -0.4 is 0 Å². The second-order valence-electron chi connectivity index (χ2n) is 7.92. The monoisotopic (exact) mass is 429 g/mol. The van der Waals surface area contributed by atoms with Gasteiger partial charge in [-0.1, -0.05) is 42.5 Å². The van der Waals surface area contributed by atoms with Crippen molar-refractivity contribution in [2.75, 3.05) is 26.3 Å². The molecular formula is C26H24FN3O2. The third-order valence-corrected chi connectivity index (χ3v) is 5.71. The largest absolute Gasteiger partial charge is 0.494 e. The van der Waals surface area contributed by atoms with Crippen LogP contribution in [0.3, 0.4) is 0 Å². The molecule has 0 unspecified atom stereocenters. The maximum Gasteiger partial charge on any atom is 0.199 e. The summed E-state index contributed by atoms with van der Waals surface area (Å²) in [7, 11) is 0. The molecule has 0 radical (unpaired) electrons. The molecule has 1 aliphatic rings. The molecule has 162 valence electrons. The van der Waals surface area contributed by atoms with Crippen LogP contribution in [0, 0.1) is 5.82 Å². The topological polar surface area (TPSA) is 60.8 Å². The lowest BCUT2D eigenvalue weighted by atomic mass is 10.0. The average molecular weight is 429 g/mol. The summed E-state index contributed by atoms with van der Waals surface area (Å²) >= 11 is 0. The van der Waals surface area contributed by atoms with Crippen LogP contribution in [-0.2, 0) is 11.3 Å². The number of nitrogens with zero attached hydrogens (tertiary/aromatic N) is 2. The summed E-state index contributed by atoms with van der Waals surface area (Å²) in [4.78, 5) is 10.2. The lowest BCUT2D eigenvalue weighted by Crippen LogP contribution is -2.35. The Kier molecular flexibility index (Phi) is 5.71. The Morgan fingerprint density at radius 2 is 1.75 bits per heavy atom. The highest BCUT2D eigenvalue weighted by molar-refractivity contribution is 6.21. The van der Waals surface area contributed by atoms with Crippen molar-refractivity contribution in [3.8, 4) is 5.88 Å². The molecule has 0 spiro atoms. The molecule has 4 aromatic rings. The Morgan fingerprint density at radius 1 is 1.00 bits per heavy atom. The van der Waals surface area contributed by atoms with Gasteiger partial charge < -0.3 is 14.8 Å². The van der Waals surface area contributed by atoms with Gasteiger partial charge in [-0.05, 0) is 35.9 Å². The first-order valence-electron chi connectivity index (χ1n) is 10.7. The number of hydrogen-bond donors (Lipinski definition) is 2. The number of morpholine rings is 1. The van der Waals surface area contributed by atoms with Gasteiger partial charge in [-0.25, -0.2) is 9.38 Å². The molecule has 6 heteroatoms. The highest BCUT2D eigenvalue weighted by Gasteiger charge is 2.19. The molecule has 2 heterocycles. The van der Waals surface area contributed by atoms with E-state index in [2.05, 4.69) is 22.0 Å². The number of aromatic amines is 1. The minimum Gasteiger partial charge on any atom is -0.494 e. The van der Waals surface area contributed by atoms with Crippen LogP contribution in [0.15, 0.2) is 77.8 Å². The second kappa shape index (κ2) is 8.94. The highest BCUT2D eigenvalue weighted by Crippen LogP contribution is 2.32. The number of aliphatic imine (C=N–C) groups is 1. The number of fused-ring (bicyclic) bond motifs is 1. The van der Waals surface area contributed by atoms with E-state index in [0.29, 0.717) is 16.8 Å². The fourth-order valence-electron chi connectivity index (χ4n) is 4.08. The highest BCUT2D eigenvalue weighted by atomic mass is 19.1. The van der Waals surface area contributed by atoms with Crippen LogP contribution in [0.4, 0.5) is 10.1 Å². The number of halogens is 1. The molecular weight excluding hydrogens is 405 g/mol. The van der Waals surface area contributed by atoms with Crippen LogP contribution >= 0.6 is 0 Å². The van der Waals surface area contributed by atoms with Crippen molar-refractivity contribution in [3.63, 3.8) is 0 Å². The minimum absolute atomic E-state index is 0.0304. The predicted molar refractivity (Wildman–Crippen MR) is 124 cm³/mol. The van der Waals surface area contributed by atoms with E-state index >= 15 is 0 Å². The van der Waals surface area contributed by atoms with E-state index < -0.39 is 0 Å². The van der Waals surface area contributed by atoms with Gasteiger partial charge in [-0.3, -0.25) is 4.90 Å². The molecule has 1 aromatic heterocycles. The van der Waals surface area contributed by atoms with Gasteiger partial charge in [0.05, 0.1) is 35.7 Å². The van der Waals surface area contributed by atoms with E-state index in [9.17, 15) is 9.50 Å². The van der Waals surface area contributed by atoms with Gasteiger partial charge in [-0.2, -0.15) is 0 Å². The predicted octanol–water partition coefficient (Wildman–Crippen LogP) is 5.01. The Hall–Kier alpha value is -3.48. The van der Waals surface area contributed by atoms with E-state index in [0.717, 1.165) is 49.5 Å². The van der Waals surface area contributed by atoms with Crippen molar-refractivity contribution in [1.29, 1.82) is 0 Å². The van der Waals surface area contributed by atoms with Crippen LogP contribution in [-0.4, -0.2) is 47.0 Å². The SMILES string of the molecule is Oc1[nH]c2cc(F)ccc2c1C(=Nc1ccc(CN2CCOCC2)cc1)c1ccccc1. The Morgan fingerprint density at radius 3 is 2.50 bits per heavy atom. The summed E-state index contributed by atoms with van der Waals surface area (Å²) in [6.07, 6.45) is 0. The molecule has 0 bridgehead atoms. The summed E-state index contributed by atoms with van der Waals surface area (Å²) in [5.74, 6) is -0.392. The molecule has 0 atom stereocenters. The Bertz CT molecular complexity index is 1240. The molecule has 5 rings (SSSR count). The van der Waals surface area contributed by atoms with Crippen molar-refractivity contribution >= 4 is 22.3 Å². The number of benzene rings is 3. The molecule has 3 aromatic carbocycles. The fraction of sp³-hybridized carbons (Fsp3) is 0.192. The molecule has 1 fully saturated rings. The first-order chi connectivity index (χ1) is 15.7. The van der Waals surface area contributed by atoms with E-state index in [-0.39, 0.29) is 11.7 Å². The molecule has 32 heavy (non-hydrogen) atoms. The molecule has 0 amide bonds. The normalized spacial score (nSPS) is 15.3. The standard InChI is InChI=1S/C26H24FN3O2/c27-20-8-11-22-23(16-20)29-26(31)24(22)25(19-4-2-1-3-5-19)28-21-9-6-18(7-10-21)17-30-12-14-32-15-13-30/h1-11,16,29,31H,12-15,17H2. The first-order valence-corrected chi connectivity index (χ1v) is 10.7. The van der Waals surface area contributed by atoms with Crippen molar-refractivity contribution in [2.24, 2.45) is 4.99 Å². The van der Waals surface area contributed by atoms with Gasteiger partial charge in [0, 0.05) is 30.6 Å². The number of aromatic nitrogens is 1. The zero-order chi connectivity index (χ0) is 21.9. The summed E-state index contributed by atoms with van der Waals surface area (Å²) in [5, 5.41) is 11.4. The van der Waals surface area contributed by atoms with Gasteiger partial charge in [0.1, 0.15) is 5.82 Å². The van der Waals surface area contributed by atoms with E-state index in [1.165, 1.54) is 17.7 Å². The van der Waals surface area contributed by atoms with E-state index in [1.54, 1.807) is 6.07 Å². The molecule has 5 nitrogen and oxygen atoms in total. The Labute approximate surface area is 185 Å². The number of aromatic hydroxyl groups is 1. The maximum atomic E-state index is 13.7. The third-order valence-electron chi connectivity index (χ3n) is 5.71. The lowest BCUT2D eigenvalue weighted by Gasteiger charge is -2.26. The van der Waals surface area contributed by atoms with Crippen molar-refractivity contribution in [3.05, 3.63) is 95.3 Å². The van der Waals surface area contributed by atoms with Gasteiger partial charge >= 0.3 is 0 Å². The lowest BCUT2D eigenvalue weighted by molar-refractivity contribution is 0.0342.